The van der Waals surface area contributed by atoms with Gasteiger partial charge in [0, 0.05) is 56.4 Å². The van der Waals surface area contributed by atoms with Crippen molar-refractivity contribution in [1.82, 2.24) is 14.9 Å². The van der Waals surface area contributed by atoms with Crippen molar-refractivity contribution in [3.8, 4) is 0 Å². The van der Waals surface area contributed by atoms with Gasteiger partial charge in [-0.1, -0.05) is 36.4 Å². The number of rotatable bonds is 10. The Bertz CT molecular complexity index is 1220. The van der Waals surface area contributed by atoms with E-state index >= 15 is 0 Å². The first-order valence-corrected chi connectivity index (χ1v) is 12.0. The number of carbonyl (C=O) groups excluding carboxylic acids is 2. The monoisotopic (exact) mass is 489 g/mol. The second-order valence-corrected chi connectivity index (χ2v) is 8.71. The molecule has 1 amide bonds. The fourth-order valence-electron chi connectivity index (χ4n) is 4.11. The minimum atomic E-state index is -0.260. The molecule has 1 fully saturated rings. The Morgan fingerprint density at radius 1 is 1.25 bits per heavy atom. The third kappa shape index (κ3) is 6.87. The lowest BCUT2D eigenvalue weighted by Gasteiger charge is -2.31. The molecule has 0 bridgehead atoms. The summed E-state index contributed by atoms with van der Waals surface area (Å²) < 4.78 is 10.4. The maximum atomic E-state index is 12.5. The number of nitrogens with one attached hydrogen (secondary N) is 2. The summed E-state index contributed by atoms with van der Waals surface area (Å²) in [4.78, 5) is 35.1. The van der Waals surface area contributed by atoms with Crippen molar-refractivity contribution in [2.45, 2.75) is 25.5 Å². The summed E-state index contributed by atoms with van der Waals surface area (Å²) >= 11 is 0. The van der Waals surface area contributed by atoms with Crippen LogP contribution in [0.15, 0.2) is 67.0 Å². The summed E-state index contributed by atoms with van der Waals surface area (Å²) in [6.45, 7) is 3.90. The van der Waals surface area contributed by atoms with Gasteiger partial charge in [-0.25, -0.2) is 9.97 Å². The Labute approximate surface area is 210 Å². The van der Waals surface area contributed by atoms with Crippen molar-refractivity contribution in [1.29, 1.82) is 0 Å². The summed E-state index contributed by atoms with van der Waals surface area (Å²) in [6.07, 6.45) is 5.21. The number of cyclic esters (lactones) is 1. The average Bonchev–Trinajstić information content (AvgIpc) is 2.88. The van der Waals surface area contributed by atoms with Crippen LogP contribution in [0.5, 0.6) is 0 Å². The molecule has 4 rings (SSSR count). The zero-order valence-electron chi connectivity index (χ0n) is 20.5. The van der Waals surface area contributed by atoms with Crippen molar-refractivity contribution in [3.63, 3.8) is 0 Å². The lowest BCUT2D eigenvalue weighted by molar-refractivity contribution is -0.159. The van der Waals surface area contributed by atoms with E-state index in [-0.39, 0.29) is 30.6 Å². The van der Waals surface area contributed by atoms with Crippen LogP contribution in [0.4, 0.5) is 11.5 Å². The number of benzene rings is 2. The molecule has 9 nitrogen and oxygen atoms in total. The Kier molecular flexibility index (Phi) is 8.59. The number of carbonyl (C=O) groups is 2. The van der Waals surface area contributed by atoms with Gasteiger partial charge >= 0.3 is 5.97 Å². The smallest absolute Gasteiger partial charge is 0.320 e. The van der Waals surface area contributed by atoms with E-state index in [2.05, 4.69) is 39.7 Å². The van der Waals surface area contributed by atoms with Gasteiger partial charge in [0.15, 0.2) is 0 Å². The molecular weight excluding hydrogens is 458 g/mol. The number of anilines is 2. The van der Waals surface area contributed by atoms with E-state index in [0.29, 0.717) is 37.6 Å². The van der Waals surface area contributed by atoms with Gasteiger partial charge in [-0.3, -0.25) is 14.5 Å². The molecule has 2 aromatic carbocycles. The van der Waals surface area contributed by atoms with E-state index in [0.717, 1.165) is 16.5 Å². The number of fused-ring (bicyclic) bond motifs is 1. The highest BCUT2D eigenvalue weighted by molar-refractivity contribution is 6.01. The van der Waals surface area contributed by atoms with Crippen molar-refractivity contribution in [3.05, 3.63) is 72.6 Å². The predicted octanol–water partition coefficient (Wildman–Crippen LogP) is 3.56. The van der Waals surface area contributed by atoms with E-state index in [1.54, 1.807) is 13.2 Å². The number of hydrogen-bond donors (Lipinski definition) is 2. The highest BCUT2D eigenvalue weighted by Crippen LogP contribution is 2.26. The molecule has 1 saturated heterocycles. The van der Waals surface area contributed by atoms with Gasteiger partial charge in [0.25, 0.3) is 0 Å². The minimum absolute atomic E-state index is 0.0478. The van der Waals surface area contributed by atoms with Gasteiger partial charge in [0.05, 0.1) is 12.1 Å². The Hall–Kier alpha value is -3.82. The zero-order chi connectivity index (χ0) is 25.3. The van der Waals surface area contributed by atoms with Gasteiger partial charge in [0.1, 0.15) is 18.2 Å². The Morgan fingerprint density at radius 3 is 2.89 bits per heavy atom. The molecule has 0 saturated carbocycles. The van der Waals surface area contributed by atoms with Gasteiger partial charge in [-0.2, -0.15) is 0 Å². The highest BCUT2D eigenvalue weighted by atomic mass is 16.5. The van der Waals surface area contributed by atoms with Crippen LogP contribution in [0.2, 0.25) is 0 Å². The summed E-state index contributed by atoms with van der Waals surface area (Å²) in [5, 5.41) is 7.15. The molecule has 1 aromatic heterocycles. The normalized spacial score (nSPS) is 17.2. The van der Waals surface area contributed by atoms with Crippen LogP contribution in [0.25, 0.3) is 10.9 Å². The minimum Gasteiger partial charge on any atom is -0.460 e. The van der Waals surface area contributed by atoms with Crippen LogP contribution in [0, 0.1) is 0 Å². The van der Waals surface area contributed by atoms with E-state index in [9.17, 15) is 9.59 Å². The predicted molar refractivity (Wildman–Crippen MR) is 139 cm³/mol. The number of hydrogen-bond acceptors (Lipinski definition) is 8. The Balaban J connectivity index is 1.37. The van der Waals surface area contributed by atoms with Crippen molar-refractivity contribution >= 4 is 34.3 Å². The van der Waals surface area contributed by atoms with E-state index < -0.39 is 0 Å². The molecule has 36 heavy (non-hydrogen) atoms. The second kappa shape index (κ2) is 12.2. The van der Waals surface area contributed by atoms with Crippen LogP contribution >= 0.6 is 0 Å². The largest absolute Gasteiger partial charge is 0.460 e. The number of esters is 1. The SMILES string of the molecule is COCCC1CN(CC=CC(=O)Nc2ccc3ncnc(NC(C)c4ccccc4)c3c2)CC(=O)O1. The number of aromatic nitrogens is 2. The molecule has 2 unspecified atom stereocenters. The van der Waals surface area contributed by atoms with E-state index in [1.165, 1.54) is 12.4 Å². The molecule has 1 aliphatic heterocycles. The summed E-state index contributed by atoms with van der Waals surface area (Å²) in [7, 11) is 1.62. The molecule has 0 aliphatic carbocycles. The van der Waals surface area contributed by atoms with Crippen LogP contribution in [0.1, 0.15) is 24.9 Å². The first kappa shape index (κ1) is 25.3. The van der Waals surface area contributed by atoms with Gasteiger partial charge in [-0.05, 0) is 30.7 Å². The van der Waals surface area contributed by atoms with Crippen LogP contribution in [-0.4, -0.2) is 66.2 Å². The molecule has 0 spiro atoms. The Morgan fingerprint density at radius 2 is 2.08 bits per heavy atom. The number of morpholine rings is 1. The van der Waals surface area contributed by atoms with Gasteiger partial charge in [0.2, 0.25) is 5.91 Å². The summed E-state index contributed by atoms with van der Waals surface area (Å²) in [5.41, 5.74) is 2.57. The fraction of sp³-hybridized carbons (Fsp3) is 0.333. The molecule has 9 heteroatoms. The molecule has 1 aliphatic rings. The van der Waals surface area contributed by atoms with Crippen molar-refractivity contribution in [2.24, 2.45) is 0 Å². The number of methoxy groups -OCH3 is 1. The topological polar surface area (TPSA) is 106 Å². The van der Waals surface area contributed by atoms with Crippen LogP contribution in [-0.2, 0) is 19.1 Å². The maximum absolute atomic E-state index is 12.5. The second-order valence-electron chi connectivity index (χ2n) is 8.71. The maximum Gasteiger partial charge on any atom is 0.320 e. The van der Waals surface area contributed by atoms with Crippen molar-refractivity contribution in [2.75, 3.05) is 44.0 Å². The molecular formula is C27H31N5O4. The van der Waals surface area contributed by atoms with Crippen LogP contribution in [0.3, 0.4) is 0 Å². The molecule has 2 atom stereocenters. The van der Waals surface area contributed by atoms with Crippen LogP contribution < -0.4 is 10.6 Å². The fourth-order valence-corrected chi connectivity index (χ4v) is 4.11. The molecule has 0 radical (unpaired) electrons. The number of amides is 1. The molecule has 2 N–H and O–H groups in total. The lowest BCUT2D eigenvalue weighted by Crippen LogP contribution is -2.45. The lowest BCUT2D eigenvalue weighted by atomic mass is 10.1. The third-order valence-corrected chi connectivity index (χ3v) is 5.95. The van der Waals surface area contributed by atoms with E-state index in [4.69, 9.17) is 9.47 Å². The quantitative estimate of drug-likeness (QED) is 0.329. The molecule has 188 valence electrons. The number of nitrogens with zero attached hydrogens (tertiary/aromatic N) is 3. The third-order valence-electron chi connectivity index (χ3n) is 5.95. The first-order valence-electron chi connectivity index (χ1n) is 12.0. The van der Waals surface area contributed by atoms with Gasteiger partial charge < -0.3 is 20.1 Å². The van der Waals surface area contributed by atoms with Gasteiger partial charge in [-0.15, -0.1) is 0 Å². The number of ether oxygens (including phenoxy) is 2. The summed E-state index contributed by atoms with van der Waals surface area (Å²) in [5.74, 6) is 0.182. The zero-order valence-corrected chi connectivity index (χ0v) is 20.5. The summed E-state index contributed by atoms with van der Waals surface area (Å²) in [6, 6.07) is 15.7. The van der Waals surface area contributed by atoms with E-state index in [1.807, 2.05) is 41.3 Å². The molecule has 3 aromatic rings. The first-order chi connectivity index (χ1) is 17.5. The van der Waals surface area contributed by atoms with Crippen molar-refractivity contribution < 1.29 is 19.1 Å². The standard InChI is InChI=1S/C27H31N5O4/c1-19(20-7-4-3-5-8-20)30-27-23-15-21(10-11-24(23)28-18-29-27)31-25(33)9-6-13-32-16-22(12-14-35-2)36-26(34)17-32/h3-11,15,18-19,22H,12-14,16-17H2,1-2H3,(H,31,33)(H,28,29,30). The average molecular weight is 490 g/mol. The highest BCUT2D eigenvalue weighted by Gasteiger charge is 2.25. The molecule has 2 heterocycles.